The summed E-state index contributed by atoms with van der Waals surface area (Å²) < 4.78 is 23.4. The molecule has 1 amide bonds. The maximum atomic E-state index is 13.0. The van der Waals surface area contributed by atoms with Gasteiger partial charge in [0, 0.05) is 33.1 Å². The molecule has 5 rings (SSSR count). The van der Waals surface area contributed by atoms with Gasteiger partial charge in [-0.05, 0) is 42.4 Å². The highest BCUT2D eigenvalue weighted by Gasteiger charge is 2.35. The molecule has 0 aliphatic carbocycles. The van der Waals surface area contributed by atoms with Crippen molar-refractivity contribution in [3.63, 3.8) is 0 Å². The first kappa shape index (κ1) is 24.3. The number of benzene rings is 2. The summed E-state index contributed by atoms with van der Waals surface area (Å²) in [6, 6.07) is 13.6. The molecule has 3 aromatic rings. The molecule has 3 heterocycles. The molecular formula is C27H32N4O5. The van der Waals surface area contributed by atoms with Crippen LogP contribution in [-0.4, -0.2) is 66.6 Å². The topological polar surface area (TPSA) is 89.3 Å². The number of nitrogens with zero attached hydrogens (tertiary/aromatic N) is 3. The standard InChI is InChI=1S/C27H32N4O5/c1-18-28-21(17-34-18)12-31-13-23-26(14-31)35-16-20-5-4-6-22(9-20)36-25-10-19(7-8-24(25)33-3)11-30(2)15-27(32)29-23/h4-10,17,23,26H,11-16H2,1-3H3,(H,29,32)/t23-,26-/m0/s1. The fourth-order valence-electron chi connectivity index (χ4n) is 4.79. The average molecular weight is 493 g/mol. The predicted octanol–water partition coefficient (Wildman–Crippen LogP) is 3.12. The van der Waals surface area contributed by atoms with Crippen molar-refractivity contribution in [1.29, 1.82) is 0 Å². The summed E-state index contributed by atoms with van der Waals surface area (Å²) >= 11 is 0. The van der Waals surface area contributed by atoms with Gasteiger partial charge in [-0.1, -0.05) is 18.2 Å². The minimum Gasteiger partial charge on any atom is -0.493 e. The zero-order valence-corrected chi connectivity index (χ0v) is 20.9. The number of fused-ring (bicyclic) bond motifs is 5. The van der Waals surface area contributed by atoms with Crippen molar-refractivity contribution >= 4 is 5.91 Å². The van der Waals surface area contributed by atoms with E-state index in [0.717, 1.165) is 16.8 Å². The van der Waals surface area contributed by atoms with E-state index in [4.69, 9.17) is 18.6 Å². The molecule has 36 heavy (non-hydrogen) atoms. The number of nitrogens with one attached hydrogen (secondary N) is 1. The number of methoxy groups -OCH3 is 1. The SMILES string of the molecule is COc1ccc2cc1Oc1cccc(c1)CO[C@H]1CN(Cc3coc(C)n3)C[C@@H]1NC(=O)CN(C)C2. The molecule has 1 saturated heterocycles. The second-order valence-electron chi connectivity index (χ2n) is 9.48. The second-order valence-corrected chi connectivity index (χ2v) is 9.48. The maximum Gasteiger partial charge on any atom is 0.234 e. The van der Waals surface area contributed by atoms with E-state index in [1.807, 2.05) is 61.3 Å². The number of hydrogen-bond acceptors (Lipinski definition) is 8. The maximum absolute atomic E-state index is 13.0. The Morgan fingerprint density at radius 1 is 1.14 bits per heavy atom. The van der Waals surface area contributed by atoms with Crippen LogP contribution in [0.25, 0.3) is 0 Å². The van der Waals surface area contributed by atoms with Gasteiger partial charge in [0.25, 0.3) is 0 Å². The average Bonchev–Trinajstić information content (AvgIpc) is 3.42. The molecule has 0 unspecified atom stereocenters. The number of aromatic nitrogens is 1. The molecule has 2 atom stereocenters. The third kappa shape index (κ3) is 5.87. The minimum atomic E-state index is -0.155. The fraction of sp³-hybridized carbons (Fsp3) is 0.407. The second kappa shape index (κ2) is 10.7. The third-order valence-electron chi connectivity index (χ3n) is 6.42. The number of amides is 1. The van der Waals surface area contributed by atoms with Gasteiger partial charge in [-0.15, -0.1) is 0 Å². The monoisotopic (exact) mass is 492 g/mol. The van der Waals surface area contributed by atoms with Crippen molar-refractivity contribution in [1.82, 2.24) is 20.1 Å². The van der Waals surface area contributed by atoms with Gasteiger partial charge in [-0.3, -0.25) is 14.6 Å². The molecule has 0 radical (unpaired) electrons. The summed E-state index contributed by atoms with van der Waals surface area (Å²) in [6.07, 6.45) is 1.53. The lowest BCUT2D eigenvalue weighted by atomic mass is 10.1. The summed E-state index contributed by atoms with van der Waals surface area (Å²) in [5.74, 6) is 2.61. The van der Waals surface area contributed by atoms with Crippen LogP contribution in [0.4, 0.5) is 0 Å². The highest BCUT2D eigenvalue weighted by atomic mass is 16.5. The van der Waals surface area contributed by atoms with Gasteiger partial charge < -0.3 is 23.9 Å². The van der Waals surface area contributed by atoms with Crippen molar-refractivity contribution in [3.05, 3.63) is 71.4 Å². The lowest BCUT2D eigenvalue weighted by molar-refractivity contribution is -0.123. The molecule has 190 valence electrons. The number of aryl methyl sites for hydroxylation is 1. The van der Waals surface area contributed by atoms with E-state index in [1.165, 1.54) is 0 Å². The predicted molar refractivity (Wildman–Crippen MR) is 133 cm³/mol. The number of rotatable bonds is 3. The van der Waals surface area contributed by atoms with Crippen LogP contribution in [0.15, 0.2) is 53.1 Å². The first-order valence-electron chi connectivity index (χ1n) is 12.1. The highest BCUT2D eigenvalue weighted by Crippen LogP contribution is 2.33. The molecule has 9 heteroatoms. The Hall–Kier alpha value is -3.40. The van der Waals surface area contributed by atoms with Crippen molar-refractivity contribution < 1.29 is 23.4 Å². The van der Waals surface area contributed by atoms with E-state index in [2.05, 4.69) is 15.2 Å². The Morgan fingerprint density at radius 2 is 2.03 bits per heavy atom. The van der Waals surface area contributed by atoms with Crippen molar-refractivity contribution in [2.75, 3.05) is 33.8 Å². The molecule has 0 spiro atoms. The Labute approximate surface area is 210 Å². The molecular weight excluding hydrogens is 460 g/mol. The summed E-state index contributed by atoms with van der Waals surface area (Å²) in [4.78, 5) is 21.6. The number of likely N-dealkylation sites (N-methyl/N-ethyl adjacent to an activating group) is 1. The molecule has 2 aromatic carbocycles. The first-order chi connectivity index (χ1) is 17.4. The molecule has 4 bridgehead atoms. The van der Waals surface area contributed by atoms with E-state index < -0.39 is 0 Å². The van der Waals surface area contributed by atoms with Gasteiger partial charge in [0.2, 0.25) is 5.91 Å². The number of carbonyl (C=O) groups excluding carboxylic acids is 1. The lowest BCUT2D eigenvalue weighted by Crippen LogP contribution is -2.47. The minimum absolute atomic E-state index is 0.0330. The number of hydrogen-bond donors (Lipinski definition) is 1. The van der Waals surface area contributed by atoms with Gasteiger partial charge in [0.1, 0.15) is 12.0 Å². The van der Waals surface area contributed by atoms with Gasteiger partial charge in [-0.2, -0.15) is 0 Å². The first-order valence-corrected chi connectivity index (χ1v) is 12.1. The number of carbonyl (C=O) groups is 1. The van der Waals surface area contributed by atoms with Crippen LogP contribution in [0.5, 0.6) is 17.2 Å². The normalized spacial score (nSPS) is 21.5. The largest absolute Gasteiger partial charge is 0.493 e. The van der Waals surface area contributed by atoms with Crippen LogP contribution in [0, 0.1) is 6.92 Å². The molecule has 2 aliphatic heterocycles. The van der Waals surface area contributed by atoms with Crippen LogP contribution >= 0.6 is 0 Å². The summed E-state index contributed by atoms with van der Waals surface area (Å²) in [5.41, 5.74) is 2.89. The van der Waals surface area contributed by atoms with Gasteiger partial charge in [0.15, 0.2) is 17.4 Å². The van der Waals surface area contributed by atoms with Crippen molar-refractivity contribution in [2.24, 2.45) is 0 Å². The molecule has 1 N–H and O–H groups in total. The van der Waals surface area contributed by atoms with Crippen LogP contribution in [0.3, 0.4) is 0 Å². The molecule has 2 aliphatic rings. The van der Waals surface area contributed by atoms with Crippen LogP contribution in [0.1, 0.15) is 22.7 Å². The van der Waals surface area contributed by atoms with Crippen molar-refractivity contribution in [2.45, 2.75) is 38.8 Å². The van der Waals surface area contributed by atoms with E-state index in [1.54, 1.807) is 13.4 Å². The number of ether oxygens (including phenoxy) is 3. The summed E-state index contributed by atoms with van der Waals surface area (Å²) in [7, 11) is 3.55. The molecule has 1 fully saturated rings. The van der Waals surface area contributed by atoms with E-state index in [0.29, 0.717) is 55.9 Å². The van der Waals surface area contributed by atoms with Crippen molar-refractivity contribution in [3.8, 4) is 17.2 Å². The Bertz CT molecular complexity index is 1210. The smallest absolute Gasteiger partial charge is 0.234 e. The van der Waals surface area contributed by atoms with Gasteiger partial charge in [0.05, 0.1) is 38.1 Å². The molecule has 9 nitrogen and oxygen atoms in total. The van der Waals surface area contributed by atoms with Crippen LogP contribution < -0.4 is 14.8 Å². The fourth-order valence-corrected chi connectivity index (χ4v) is 4.79. The van der Waals surface area contributed by atoms with E-state index >= 15 is 0 Å². The highest BCUT2D eigenvalue weighted by molar-refractivity contribution is 5.78. The summed E-state index contributed by atoms with van der Waals surface area (Å²) in [5, 5.41) is 3.21. The Morgan fingerprint density at radius 3 is 2.83 bits per heavy atom. The Balaban J connectivity index is 1.38. The number of oxazole rings is 1. The summed E-state index contributed by atoms with van der Waals surface area (Å²) in [6.45, 7) is 5.11. The quantitative estimate of drug-likeness (QED) is 0.597. The third-order valence-corrected chi connectivity index (χ3v) is 6.42. The molecule has 1 aromatic heterocycles. The van der Waals surface area contributed by atoms with Gasteiger partial charge in [-0.25, -0.2) is 4.98 Å². The van der Waals surface area contributed by atoms with E-state index in [9.17, 15) is 4.79 Å². The zero-order chi connectivity index (χ0) is 25.1. The number of likely N-dealkylation sites (tertiary alicyclic amines) is 1. The molecule has 0 saturated carbocycles. The Kier molecular flexibility index (Phi) is 7.22. The zero-order valence-electron chi connectivity index (χ0n) is 20.9. The van der Waals surface area contributed by atoms with Gasteiger partial charge >= 0.3 is 0 Å². The van der Waals surface area contributed by atoms with Crippen LogP contribution in [0.2, 0.25) is 0 Å². The van der Waals surface area contributed by atoms with E-state index in [-0.39, 0.29) is 24.6 Å². The lowest BCUT2D eigenvalue weighted by Gasteiger charge is -2.23. The van der Waals surface area contributed by atoms with Crippen LogP contribution in [-0.2, 0) is 29.2 Å².